The number of benzene rings is 2. The van der Waals surface area contributed by atoms with Crippen molar-refractivity contribution in [2.24, 2.45) is 0 Å². The number of aromatic nitrogens is 4. The van der Waals surface area contributed by atoms with Gasteiger partial charge in [-0.2, -0.15) is 4.80 Å². The standard InChI is InChI=1S/C18H16ClN5O3/c1-12-4-2-3-5-15(12)20-16(25)11-27-17(26)10-24-22-18(21-23-24)13-6-8-14(19)9-7-13/h2-9H,10-11H2,1H3,(H,20,25). The van der Waals surface area contributed by atoms with E-state index in [4.69, 9.17) is 16.3 Å². The van der Waals surface area contributed by atoms with Crippen LogP contribution in [0.2, 0.25) is 5.02 Å². The maximum atomic E-state index is 11.9. The molecule has 0 spiro atoms. The van der Waals surface area contributed by atoms with E-state index in [1.54, 1.807) is 30.3 Å². The summed E-state index contributed by atoms with van der Waals surface area (Å²) < 4.78 is 4.95. The number of hydrogen-bond donors (Lipinski definition) is 1. The summed E-state index contributed by atoms with van der Waals surface area (Å²) in [5, 5.41) is 15.1. The predicted octanol–water partition coefficient (Wildman–Crippen LogP) is 2.48. The van der Waals surface area contributed by atoms with Crippen LogP contribution in [0.25, 0.3) is 11.4 Å². The van der Waals surface area contributed by atoms with Crippen LogP contribution in [0.3, 0.4) is 0 Å². The Balaban J connectivity index is 1.50. The lowest BCUT2D eigenvalue weighted by Crippen LogP contribution is -2.23. The number of amides is 1. The Labute approximate surface area is 160 Å². The molecule has 8 nitrogen and oxygen atoms in total. The zero-order chi connectivity index (χ0) is 19.2. The molecule has 0 saturated carbocycles. The normalized spacial score (nSPS) is 10.4. The van der Waals surface area contributed by atoms with E-state index in [9.17, 15) is 9.59 Å². The van der Waals surface area contributed by atoms with Gasteiger partial charge in [-0.05, 0) is 48.0 Å². The molecule has 9 heteroatoms. The van der Waals surface area contributed by atoms with Gasteiger partial charge in [-0.3, -0.25) is 4.79 Å². The van der Waals surface area contributed by atoms with Gasteiger partial charge in [-0.25, -0.2) is 4.79 Å². The maximum Gasteiger partial charge on any atom is 0.330 e. The monoisotopic (exact) mass is 385 g/mol. The number of hydrogen-bond acceptors (Lipinski definition) is 6. The largest absolute Gasteiger partial charge is 0.454 e. The SMILES string of the molecule is Cc1ccccc1NC(=O)COC(=O)Cn1nnc(-c2ccc(Cl)cc2)n1. The predicted molar refractivity (Wildman–Crippen MR) is 99.0 cm³/mol. The van der Waals surface area contributed by atoms with Gasteiger partial charge in [0.25, 0.3) is 5.91 Å². The lowest BCUT2D eigenvalue weighted by atomic mass is 10.2. The molecule has 0 saturated heterocycles. The Morgan fingerprint density at radius 2 is 1.89 bits per heavy atom. The lowest BCUT2D eigenvalue weighted by molar-refractivity contribution is -0.148. The number of aryl methyl sites for hydroxylation is 1. The third kappa shape index (κ3) is 5.11. The van der Waals surface area contributed by atoms with Gasteiger partial charge in [0.05, 0.1) is 0 Å². The van der Waals surface area contributed by atoms with Crippen molar-refractivity contribution >= 4 is 29.2 Å². The number of rotatable bonds is 6. The summed E-state index contributed by atoms with van der Waals surface area (Å²) in [7, 11) is 0. The Kier molecular flexibility index (Phi) is 5.77. The molecule has 3 aromatic rings. The first-order chi connectivity index (χ1) is 13.0. The fourth-order valence-corrected chi connectivity index (χ4v) is 2.36. The van der Waals surface area contributed by atoms with Gasteiger partial charge in [0.1, 0.15) is 0 Å². The summed E-state index contributed by atoms with van der Waals surface area (Å²) in [5.74, 6) is -0.710. The number of esters is 1. The highest BCUT2D eigenvalue weighted by Gasteiger charge is 2.12. The number of tetrazole rings is 1. The van der Waals surface area contributed by atoms with Crippen molar-refractivity contribution in [1.82, 2.24) is 20.2 Å². The van der Waals surface area contributed by atoms with E-state index in [1.165, 1.54) is 0 Å². The molecule has 0 aliphatic heterocycles. The van der Waals surface area contributed by atoms with Crippen LogP contribution in [0.1, 0.15) is 5.56 Å². The molecule has 0 bridgehead atoms. The minimum Gasteiger partial charge on any atom is -0.454 e. The van der Waals surface area contributed by atoms with E-state index >= 15 is 0 Å². The highest BCUT2D eigenvalue weighted by atomic mass is 35.5. The molecule has 0 aliphatic rings. The molecule has 0 fully saturated rings. The molecule has 138 valence electrons. The molecule has 0 radical (unpaired) electrons. The van der Waals surface area contributed by atoms with Crippen molar-refractivity contribution < 1.29 is 14.3 Å². The highest BCUT2D eigenvalue weighted by molar-refractivity contribution is 6.30. The van der Waals surface area contributed by atoms with Crippen LogP contribution in [0.15, 0.2) is 48.5 Å². The van der Waals surface area contributed by atoms with E-state index in [2.05, 4.69) is 20.7 Å². The number of carbonyl (C=O) groups excluding carboxylic acids is 2. The van der Waals surface area contributed by atoms with Gasteiger partial charge < -0.3 is 10.1 Å². The topological polar surface area (TPSA) is 99.0 Å². The van der Waals surface area contributed by atoms with Gasteiger partial charge >= 0.3 is 5.97 Å². The maximum absolute atomic E-state index is 11.9. The molecule has 3 rings (SSSR count). The van der Waals surface area contributed by atoms with Crippen LogP contribution in [-0.4, -0.2) is 38.7 Å². The number of para-hydroxylation sites is 1. The average molecular weight is 386 g/mol. The van der Waals surface area contributed by atoms with Crippen LogP contribution in [0, 0.1) is 6.92 Å². The van der Waals surface area contributed by atoms with Crippen molar-refractivity contribution in [3.8, 4) is 11.4 Å². The fourth-order valence-electron chi connectivity index (χ4n) is 2.23. The van der Waals surface area contributed by atoms with E-state index < -0.39 is 18.5 Å². The van der Waals surface area contributed by atoms with Crippen LogP contribution < -0.4 is 5.32 Å². The molecule has 0 unspecified atom stereocenters. The molecule has 0 atom stereocenters. The molecular formula is C18H16ClN5O3. The van der Waals surface area contributed by atoms with Crippen molar-refractivity contribution in [1.29, 1.82) is 0 Å². The molecule has 0 aliphatic carbocycles. The number of carbonyl (C=O) groups is 2. The Morgan fingerprint density at radius 1 is 1.15 bits per heavy atom. The quantitative estimate of drug-likeness (QED) is 0.654. The first-order valence-corrected chi connectivity index (χ1v) is 8.44. The fraction of sp³-hybridized carbons (Fsp3) is 0.167. The Morgan fingerprint density at radius 3 is 2.63 bits per heavy atom. The van der Waals surface area contributed by atoms with Crippen molar-refractivity contribution in [3.63, 3.8) is 0 Å². The third-order valence-corrected chi connectivity index (χ3v) is 3.86. The van der Waals surface area contributed by atoms with Gasteiger partial charge in [-0.1, -0.05) is 29.8 Å². The minimum absolute atomic E-state index is 0.252. The number of anilines is 1. The van der Waals surface area contributed by atoms with Crippen LogP contribution in [0.4, 0.5) is 5.69 Å². The van der Waals surface area contributed by atoms with Crippen molar-refractivity contribution in [3.05, 3.63) is 59.1 Å². The summed E-state index contributed by atoms with van der Waals surface area (Å²) in [6, 6.07) is 14.2. The van der Waals surface area contributed by atoms with Gasteiger partial charge in [0.2, 0.25) is 5.82 Å². The van der Waals surface area contributed by atoms with E-state index in [0.29, 0.717) is 16.5 Å². The molecule has 1 N–H and O–H groups in total. The number of nitrogens with zero attached hydrogens (tertiary/aromatic N) is 4. The number of nitrogens with one attached hydrogen (secondary N) is 1. The molecule has 1 heterocycles. The van der Waals surface area contributed by atoms with Crippen molar-refractivity contribution in [2.75, 3.05) is 11.9 Å². The summed E-state index contributed by atoms with van der Waals surface area (Å²) in [6.07, 6.45) is 0. The van der Waals surface area contributed by atoms with Gasteiger partial charge in [-0.15, -0.1) is 10.2 Å². The second-order valence-corrected chi connectivity index (χ2v) is 6.11. The van der Waals surface area contributed by atoms with Crippen molar-refractivity contribution in [2.45, 2.75) is 13.5 Å². The summed E-state index contributed by atoms with van der Waals surface area (Å²) >= 11 is 5.84. The number of halogens is 1. The molecule has 1 amide bonds. The molecule has 27 heavy (non-hydrogen) atoms. The second-order valence-electron chi connectivity index (χ2n) is 5.67. The van der Waals surface area contributed by atoms with Crippen LogP contribution >= 0.6 is 11.6 Å². The van der Waals surface area contributed by atoms with Crippen LogP contribution in [0.5, 0.6) is 0 Å². The Hall–Kier alpha value is -3.26. The van der Waals surface area contributed by atoms with E-state index in [0.717, 1.165) is 15.9 Å². The summed E-state index contributed by atoms with van der Waals surface area (Å²) in [5.41, 5.74) is 2.31. The molecule has 1 aromatic heterocycles. The second kappa shape index (κ2) is 8.41. The molecule has 2 aromatic carbocycles. The smallest absolute Gasteiger partial charge is 0.330 e. The van der Waals surface area contributed by atoms with Gasteiger partial charge in [0, 0.05) is 16.3 Å². The zero-order valence-electron chi connectivity index (χ0n) is 14.4. The zero-order valence-corrected chi connectivity index (χ0v) is 15.2. The number of ether oxygens (including phenoxy) is 1. The van der Waals surface area contributed by atoms with E-state index in [-0.39, 0.29) is 6.54 Å². The average Bonchev–Trinajstić information content (AvgIpc) is 3.11. The summed E-state index contributed by atoms with van der Waals surface area (Å²) in [6.45, 7) is 1.22. The minimum atomic E-state index is -0.644. The first kappa shape index (κ1) is 18.5. The Bertz CT molecular complexity index is 956. The lowest BCUT2D eigenvalue weighted by Gasteiger charge is -2.08. The third-order valence-electron chi connectivity index (χ3n) is 3.61. The summed E-state index contributed by atoms with van der Waals surface area (Å²) in [4.78, 5) is 24.9. The highest BCUT2D eigenvalue weighted by Crippen LogP contribution is 2.17. The first-order valence-electron chi connectivity index (χ1n) is 8.06. The molecular weight excluding hydrogens is 370 g/mol. The van der Waals surface area contributed by atoms with E-state index in [1.807, 2.05) is 25.1 Å². The van der Waals surface area contributed by atoms with Gasteiger partial charge in [0.15, 0.2) is 13.2 Å². The van der Waals surface area contributed by atoms with Crippen LogP contribution in [-0.2, 0) is 20.9 Å².